The van der Waals surface area contributed by atoms with Crippen molar-refractivity contribution in [2.75, 3.05) is 6.26 Å². The average molecular weight is 380 g/mol. The summed E-state index contributed by atoms with van der Waals surface area (Å²) in [5.41, 5.74) is 2.04. The van der Waals surface area contributed by atoms with E-state index in [0.29, 0.717) is 0 Å². The summed E-state index contributed by atoms with van der Waals surface area (Å²) >= 11 is 0. The summed E-state index contributed by atoms with van der Waals surface area (Å²) in [7, 11) is -7.29. The van der Waals surface area contributed by atoms with Gasteiger partial charge in [-0.05, 0) is 49.4 Å². The molecule has 1 unspecified atom stereocenters. The standard InChI is InChI=1S/C18H21NO4S2/c1-13-6-8-14(9-7-13)18(15-10-11-15)19-25(22,23)17-5-3-4-16(12-17)24(2,20)21/h3-9,12,15,18-19H,10-11H2,1-2H3. The van der Waals surface area contributed by atoms with Gasteiger partial charge in [0.1, 0.15) is 0 Å². The lowest BCUT2D eigenvalue weighted by molar-refractivity contribution is 0.529. The SMILES string of the molecule is Cc1ccc(C(NS(=O)(=O)c2cccc(S(C)(=O)=O)c2)C2CC2)cc1. The molecule has 1 atom stereocenters. The van der Waals surface area contributed by atoms with Crippen LogP contribution in [0.2, 0.25) is 0 Å². The van der Waals surface area contributed by atoms with Gasteiger partial charge in [0.2, 0.25) is 10.0 Å². The van der Waals surface area contributed by atoms with Gasteiger partial charge in [0.05, 0.1) is 9.79 Å². The fourth-order valence-corrected chi connectivity index (χ4v) is 4.83. The highest BCUT2D eigenvalue weighted by Crippen LogP contribution is 2.41. The molecular formula is C18H21NO4S2. The number of benzene rings is 2. The molecule has 0 aromatic heterocycles. The fourth-order valence-electron chi connectivity index (χ4n) is 2.75. The van der Waals surface area contributed by atoms with E-state index in [9.17, 15) is 16.8 Å². The molecule has 1 fully saturated rings. The number of hydrogen-bond donors (Lipinski definition) is 1. The second-order valence-electron chi connectivity index (χ2n) is 6.59. The quantitative estimate of drug-likeness (QED) is 0.837. The van der Waals surface area contributed by atoms with E-state index in [1.54, 1.807) is 0 Å². The van der Waals surface area contributed by atoms with Crippen LogP contribution in [0.15, 0.2) is 58.3 Å². The van der Waals surface area contributed by atoms with Crippen molar-refractivity contribution in [2.45, 2.75) is 35.6 Å². The third-order valence-electron chi connectivity index (χ3n) is 4.36. The van der Waals surface area contributed by atoms with Gasteiger partial charge in [-0.25, -0.2) is 21.6 Å². The fraction of sp³-hybridized carbons (Fsp3) is 0.333. The van der Waals surface area contributed by atoms with Gasteiger partial charge in [-0.2, -0.15) is 0 Å². The number of rotatable bonds is 6. The molecule has 5 nitrogen and oxygen atoms in total. The zero-order valence-electron chi connectivity index (χ0n) is 14.1. The van der Waals surface area contributed by atoms with Crippen molar-refractivity contribution in [2.24, 2.45) is 5.92 Å². The van der Waals surface area contributed by atoms with Gasteiger partial charge in [0.25, 0.3) is 0 Å². The van der Waals surface area contributed by atoms with Crippen LogP contribution in [0.1, 0.15) is 30.0 Å². The minimum atomic E-state index is -3.82. The van der Waals surface area contributed by atoms with E-state index in [2.05, 4.69) is 4.72 Å². The Morgan fingerprint density at radius 1 is 0.960 bits per heavy atom. The van der Waals surface area contributed by atoms with Crippen molar-refractivity contribution in [3.8, 4) is 0 Å². The summed E-state index contributed by atoms with van der Waals surface area (Å²) in [6.45, 7) is 1.98. The molecule has 0 aliphatic heterocycles. The molecule has 1 aliphatic rings. The Morgan fingerprint density at radius 2 is 1.56 bits per heavy atom. The van der Waals surface area contributed by atoms with E-state index in [1.165, 1.54) is 24.3 Å². The predicted molar refractivity (Wildman–Crippen MR) is 96.5 cm³/mol. The summed E-state index contributed by atoms with van der Waals surface area (Å²) in [6, 6.07) is 13.0. The van der Waals surface area contributed by atoms with Gasteiger partial charge in [0.15, 0.2) is 9.84 Å². The Bertz CT molecular complexity index is 976. The highest BCUT2D eigenvalue weighted by Gasteiger charge is 2.35. The Hall–Kier alpha value is -1.70. The molecular weight excluding hydrogens is 358 g/mol. The molecule has 3 rings (SSSR count). The number of nitrogens with one attached hydrogen (secondary N) is 1. The first-order valence-electron chi connectivity index (χ1n) is 8.06. The molecule has 1 aliphatic carbocycles. The minimum absolute atomic E-state index is 0.00585. The van der Waals surface area contributed by atoms with Crippen LogP contribution < -0.4 is 4.72 Å². The molecule has 2 aromatic carbocycles. The first kappa shape index (κ1) is 18.1. The molecule has 25 heavy (non-hydrogen) atoms. The summed E-state index contributed by atoms with van der Waals surface area (Å²) in [5.74, 6) is 0.274. The van der Waals surface area contributed by atoms with Crippen LogP contribution >= 0.6 is 0 Å². The van der Waals surface area contributed by atoms with Crippen molar-refractivity contribution in [3.05, 3.63) is 59.7 Å². The van der Waals surface area contributed by atoms with Crippen LogP contribution in [0.25, 0.3) is 0 Å². The topological polar surface area (TPSA) is 80.3 Å². The van der Waals surface area contributed by atoms with Crippen LogP contribution in [0, 0.1) is 12.8 Å². The first-order valence-corrected chi connectivity index (χ1v) is 11.4. The van der Waals surface area contributed by atoms with Gasteiger partial charge in [-0.15, -0.1) is 0 Å². The monoisotopic (exact) mass is 379 g/mol. The Balaban J connectivity index is 1.93. The third kappa shape index (κ3) is 4.29. The van der Waals surface area contributed by atoms with E-state index in [0.717, 1.165) is 30.2 Å². The first-order chi connectivity index (χ1) is 11.7. The zero-order valence-corrected chi connectivity index (χ0v) is 15.8. The van der Waals surface area contributed by atoms with Gasteiger partial charge in [0, 0.05) is 12.3 Å². The van der Waals surface area contributed by atoms with Crippen LogP contribution in [0.3, 0.4) is 0 Å². The van der Waals surface area contributed by atoms with Crippen LogP contribution in [0.5, 0.6) is 0 Å². The minimum Gasteiger partial charge on any atom is -0.224 e. The summed E-state index contributed by atoms with van der Waals surface area (Å²) in [5, 5.41) is 0. The number of hydrogen-bond acceptors (Lipinski definition) is 4. The summed E-state index contributed by atoms with van der Waals surface area (Å²) in [6.07, 6.45) is 3.01. The molecule has 0 spiro atoms. The van der Waals surface area contributed by atoms with Crippen molar-refractivity contribution in [1.29, 1.82) is 0 Å². The molecule has 1 N–H and O–H groups in total. The Kier molecular flexibility index (Phi) is 4.74. The van der Waals surface area contributed by atoms with Gasteiger partial charge in [-0.1, -0.05) is 35.9 Å². The lowest BCUT2D eigenvalue weighted by atomic mass is 10.0. The highest BCUT2D eigenvalue weighted by atomic mass is 32.2. The highest BCUT2D eigenvalue weighted by molar-refractivity contribution is 7.91. The van der Waals surface area contributed by atoms with E-state index in [1.807, 2.05) is 31.2 Å². The van der Waals surface area contributed by atoms with Gasteiger partial charge in [-0.3, -0.25) is 0 Å². The smallest absolute Gasteiger partial charge is 0.224 e. The number of sulfone groups is 1. The predicted octanol–water partition coefficient (Wildman–Crippen LogP) is 2.83. The number of aryl methyl sites for hydroxylation is 1. The number of sulfonamides is 1. The maximum atomic E-state index is 12.8. The molecule has 134 valence electrons. The molecule has 1 saturated carbocycles. The van der Waals surface area contributed by atoms with Crippen molar-refractivity contribution >= 4 is 19.9 Å². The second-order valence-corrected chi connectivity index (χ2v) is 10.3. The molecule has 0 heterocycles. The van der Waals surface area contributed by atoms with Crippen molar-refractivity contribution in [1.82, 2.24) is 4.72 Å². The van der Waals surface area contributed by atoms with Crippen LogP contribution in [0.4, 0.5) is 0 Å². The Labute approximate surface area is 149 Å². The van der Waals surface area contributed by atoms with Crippen LogP contribution in [-0.4, -0.2) is 23.1 Å². The Morgan fingerprint density at radius 3 is 2.12 bits per heavy atom. The molecule has 0 bridgehead atoms. The summed E-state index contributed by atoms with van der Waals surface area (Å²) in [4.78, 5) is -0.0399. The van der Waals surface area contributed by atoms with Crippen LogP contribution in [-0.2, 0) is 19.9 Å². The van der Waals surface area contributed by atoms with E-state index in [-0.39, 0.29) is 21.8 Å². The van der Waals surface area contributed by atoms with Crippen molar-refractivity contribution in [3.63, 3.8) is 0 Å². The molecule has 7 heteroatoms. The lowest BCUT2D eigenvalue weighted by Gasteiger charge is -2.19. The second kappa shape index (κ2) is 6.55. The normalized spacial score (nSPS) is 16.6. The lowest BCUT2D eigenvalue weighted by Crippen LogP contribution is -2.30. The third-order valence-corrected chi connectivity index (χ3v) is 6.90. The van der Waals surface area contributed by atoms with E-state index in [4.69, 9.17) is 0 Å². The molecule has 0 saturated heterocycles. The zero-order chi connectivity index (χ0) is 18.2. The maximum absolute atomic E-state index is 12.8. The van der Waals surface area contributed by atoms with Crippen molar-refractivity contribution < 1.29 is 16.8 Å². The van der Waals surface area contributed by atoms with E-state index < -0.39 is 19.9 Å². The van der Waals surface area contributed by atoms with E-state index >= 15 is 0 Å². The van der Waals surface area contributed by atoms with Gasteiger partial charge >= 0.3 is 0 Å². The molecule has 0 radical (unpaired) electrons. The largest absolute Gasteiger partial charge is 0.241 e. The summed E-state index contributed by atoms with van der Waals surface area (Å²) < 4.78 is 51.7. The molecule has 2 aromatic rings. The average Bonchev–Trinajstić information content (AvgIpc) is 3.38. The maximum Gasteiger partial charge on any atom is 0.241 e. The molecule has 0 amide bonds. The van der Waals surface area contributed by atoms with Gasteiger partial charge < -0.3 is 0 Å².